The zero-order valence-corrected chi connectivity index (χ0v) is 9.27. The van der Waals surface area contributed by atoms with Crippen LogP contribution in [0, 0.1) is 0 Å². The molecule has 2 atom stereocenters. The number of carbonyl (C=O) groups excluding carboxylic acids is 1. The van der Waals surface area contributed by atoms with Crippen molar-refractivity contribution in [3.63, 3.8) is 0 Å². The number of methoxy groups -OCH3 is 1. The predicted octanol–water partition coefficient (Wildman–Crippen LogP) is 1.65. The number of rotatable bonds is 4. The summed E-state index contributed by atoms with van der Waals surface area (Å²) in [6, 6.07) is 0. The van der Waals surface area contributed by atoms with Crippen molar-refractivity contribution in [1.82, 2.24) is 0 Å². The van der Waals surface area contributed by atoms with Crippen LogP contribution < -0.4 is 0 Å². The molecule has 0 amide bonds. The number of hydrogen-bond acceptors (Lipinski definition) is 4. The zero-order chi connectivity index (χ0) is 11.1. The molecule has 0 spiro atoms. The normalized spacial score (nSPS) is 24.0. The van der Waals surface area contributed by atoms with E-state index in [1.54, 1.807) is 6.08 Å². The molecule has 1 saturated heterocycles. The maximum atomic E-state index is 10.8. The van der Waals surface area contributed by atoms with E-state index in [1.165, 1.54) is 13.2 Å². The second-order valence-corrected chi connectivity index (χ2v) is 3.52. The molecule has 0 aliphatic carbocycles. The Labute approximate surface area is 90.2 Å². The average molecular weight is 214 g/mol. The minimum Gasteiger partial charge on any atom is -0.466 e. The molecular formula is C11H18O4. The second-order valence-electron chi connectivity index (χ2n) is 3.52. The van der Waals surface area contributed by atoms with Gasteiger partial charge in [0.1, 0.15) is 0 Å². The van der Waals surface area contributed by atoms with E-state index >= 15 is 0 Å². The Bertz CT molecular complexity index is 219. The highest BCUT2D eigenvalue weighted by molar-refractivity contribution is 5.81. The van der Waals surface area contributed by atoms with E-state index in [4.69, 9.17) is 9.47 Å². The molecule has 1 aliphatic rings. The maximum absolute atomic E-state index is 10.8. The van der Waals surface area contributed by atoms with E-state index in [0.717, 1.165) is 25.9 Å². The molecule has 1 rings (SSSR count). The van der Waals surface area contributed by atoms with Gasteiger partial charge in [-0.3, -0.25) is 0 Å². The van der Waals surface area contributed by atoms with Crippen LogP contribution in [0.2, 0.25) is 0 Å². The minimum atomic E-state index is -0.366. The standard InChI is InChI=1S/C11H18O4/c1-9(6-7-10(12)13-2)15-11-5-3-4-8-14-11/h6-7,9,11H,3-5,8H2,1-2H3/b7-6-/t9-,11?/m0/s1. The van der Waals surface area contributed by atoms with Gasteiger partial charge in [-0.25, -0.2) is 4.79 Å². The molecule has 0 saturated carbocycles. The van der Waals surface area contributed by atoms with Crippen LogP contribution >= 0.6 is 0 Å². The molecule has 0 N–H and O–H groups in total. The third-order valence-corrected chi connectivity index (χ3v) is 2.21. The van der Waals surface area contributed by atoms with Crippen LogP contribution in [-0.4, -0.2) is 32.1 Å². The van der Waals surface area contributed by atoms with Gasteiger partial charge in [-0.15, -0.1) is 0 Å². The lowest BCUT2D eigenvalue weighted by molar-refractivity contribution is -0.175. The fourth-order valence-corrected chi connectivity index (χ4v) is 1.39. The van der Waals surface area contributed by atoms with Crippen molar-refractivity contribution >= 4 is 5.97 Å². The van der Waals surface area contributed by atoms with Crippen molar-refractivity contribution in [2.75, 3.05) is 13.7 Å². The van der Waals surface area contributed by atoms with Crippen molar-refractivity contribution in [2.45, 2.75) is 38.6 Å². The van der Waals surface area contributed by atoms with E-state index in [9.17, 15) is 4.79 Å². The lowest BCUT2D eigenvalue weighted by atomic mass is 10.2. The first-order chi connectivity index (χ1) is 7.22. The molecule has 0 radical (unpaired) electrons. The largest absolute Gasteiger partial charge is 0.466 e. The van der Waals surface area contributed by atoms with Crippen LogP contribution in [-0.2, 0) is 19.0 Å². The highest BCUT2D eigenvalue weighted by atomic mass is 16.7. The van der Waals surface area contributed by atoms with E-state index in [-0.39, 0.29) is 18.4 Å². The molecule has 0 aromatic carbocycles. The first-order valence-electron chi connectivity index (χ1n) is 5.25. The Balaban J connectivity index is 2.24. The molecule has 1 unspecified atom stereocenters. The Kier molecular flexibility index (Phi) is 5.36. The van der Waals surface area contributed by atoms with Gasteiger partial charge < -0.3 is 14.2 Å². The van der Waals surface area contributed by atoms with E-state index in [1.807, 2.05) is 6.92 Å². The molecule has 1 heterocycles. The molecule has 4 heteroatoms. The SMILES string of the molecule is COC(=O)/C=C\[C@H](C)OC1CCCCO1. The Hall–Kier alpha value is -0.870. The molecule has 1 aliphatic heterocycles. The fraction of sp³-hybridized carbons (Fsp3) is 0.727. The lowest BCUT2D eigenvalue weighted by Gasteiger charge is -2.24. The summed E-state index contributed by atoms with van der Waals surface area (Å²) in [6.07, 6.45) is 5.95. The summed E-state index contributed by atoms with van der Waals surface area (Å²) in [7, 11) is 1.35. The first kappa shape index (κ1) is 12.2. The summed E-state index contributed by atoms with van der Waals surface area (Å²) >= 11 is 0. The Morgan fingerprint density at radius 3 is 2.93 bits per heavy atom. The molecule has 15 heavy (non-hydrogen) atoms. The lowest BCUT2D eigenvalue weighted by Crippen LogP contribution is -2.25. The number of ether oxygens (including phenoxy) is 3. The van der Waals surface area contributed by atoms with Gasteiger partial charge in [0.15, 0.2) is 6.29 Å². The highest BCUT2D eigenvalue weighted by Crippen LogP contribution is 2.15. The van der Waals surface area contributed by atoms with Crippen molar-refractivity contribution in [3.05, 3.63) is 12.2 Å². The summed E-state index contributed by atoms with van der Waals surface area (Å²) in [5.41, 5.74) is 0. The van der Waals surface area contributed by atoms with Crippen molar-refractivity contribution in [2.24, 2.45) is 0 Å². The second kappa shape index (κ2) is 6.58. The van der Waals surface area contributed by atoms with Gasteiger partial charge in [0.2, 0.25) is 0 Å². The predicted molar refractivity (Wildman–Crippen MR) is 55.3 cm³/mol. The smallest absolute Gasteiger partial charge is 0.330 e. The fourth-order valence-electron chi connectivity index (χ4n) is 1.39. The van der Waals surface area contributed by atoms with Crippen LogP contribution in [0.15, 0.2) is 12.2 Å². The summed E-state index contributed by atoms with van der Waals surface area (Å²) < 4.78 is 15.5. The Morgan fingerprint density at radius 1 is 1.53 bits per heavy atom. The third kappa shape index (κ3) is 4.95. The molecular weight excluding hydrogens is 196 g/mol. The van der Waals surface area contributed by atoms with Crippen LogP contribution in [0.5, 0.6) is 0 Å². The van der Waals surface area contributed by atoms with Gasteiger partial charge in [0.25, 0.3) is 0 Å². The molecule has 86 valence electrons. The van der Waals surface area contributed by atoms with Gasteiger partial charge in [-0.05, 0) is 32.3 Å². The van der Waals surface area contributed by atoms with Crippen LogP contribution in [0.4, 0.5) is 0 Å². The van der Waals surface area contributed by atoms with Gasteiger partial charge in [-0.1, -0.05) is 0 Å². The summed E-state index contributed by atoms with van der Waals surface area (Å²) in [4.78, 5) is 10.8. The average Bonchev–Trinajstić information content (AvgIpc) is 2.27. The van der Waals surface area contributed by atoms with E-state index in [0.29, 0.717) is 0 Å². The zero-order valence-electron chi connectivity index (χ0n) is 9.27. The van der Waals surface area contributed by atoms with Gasteiger partial charge >= 0.3 is 5.97 Å². The van der Waals surface area contributed by atoms with Gasteiger partial charge in [0, 0.05) is 12.7 Å². The monoisotopic (exact) mass is 214 g/mol. The first-order valence-corrected chi connectivity index (χ1v) is 5.25. The van der Waals surface area contributed by atoms with Crippen molar-refractivity contribution in [1.29, 1.82) is 0 Å². The number of esters is 1. The third-order valence-electron chi connectivity index (χ3n) is 2.21. The molecule has 0 aromatic heterocycles. The van der Waals surface area contributed by atoms with Crippen molar-refractivity contribution in [3.8, 4) is 0 Å². The minimum absolute atomic E-state index is 0.129. The van der Waals surface area contributed by atoms with Crippen LogP contribution in [0.25, 0.3) is 0 Å². The van der Waals surface area contributed by atoms with Crippen molar-refractivity contribution < 1.29 is 19.0 Å². The van der Waals surface area contributed by atoms with Crippen LogP contribution in [0.3, 0.4) is 0 Å². The number of hydrogen-bond donors (Lipinski definition) is 0. The van der Waals surface area contributed by atoms with Crippen LogP contribution in [0.1, 0.15) is 26.2 Å². The maximum Gasteiger partial charge on any atom is 0.330 e. The van der Waals surface area contributed by atoms with E-state index < -0.39 is 0 Å². The molecule has 4 nitrogen and oxygen atoms in total. The summed E-state index contributed by atoms with van der Waals surface area (Å²) in [5.74, 6) is -0.366. The quantitative estimate of drug-likeness (QED) is 0.527. The molecule has 0 bridgehead atoms. The Morgan fingerprint density at radius 2 is 2.33 bits per heavy atom. The van der Waals surface area contributed by atoms with Gasteiger partial charge in [0.05, 0.1) is 13.2 Å². The van der Waals surface area contributed by atoms with E-state index in [2.05, 4.69) is 4.74 Å². The number of carbonyl (C=O) groups is 1. The molecule has 1 fully saturated rings. The molecule has 0 aromatic rings. The highest BCUT2D eigenvalue weighted by Gasteiger charge is 2.15. The summed E-state index contributed by atoms with van der Waals surface area (Å²) in [5, 5.41) is 0. The topological polar surface area (TPSA) is 44.8 Å². The summed E-state index contributed by atoms with van der Waals surface area (Å²) in [6.45, 7) is 2.63. The van der Waals surface area contributed by atoms with Gasteiger partial charge in [-0.2, -0.15) is 0 Å².